The Morgan fingerprint density at radius 1 is 1.05 bits per heavy atom. The average Bonchev–Trinajstić information content (AvgIpc) is 3.14. The van der Waals surface area contributed by atoms with E-state index in [4.69, 9.17) is 10.7 Å². The summed E-state index contributed by atoms with van der Waals surface area (Å²) in [4.78, 5) is 39.9. The first-order valence-electron chi connectivity index (χ1n) is 13.1. The summed E-state index contributed by atoms with van der Waals surface area (Å²) in [5.41, 5.74) is 9.13. The number of carbonyl (C=O) groups is 2. The topological polar surface area (TPSA) is 126 Å². The van der Waals surface area contributed by atoms with Crippen molar-refractivity contribution in [3.05, 3.63) is 104 Å². The number of benzene rings is 3. The molecule has 4 N–H and O–H groups in total. The van der Waals surface area contributed by atoms with Crippen LogP contribution in [0.3, 0.4) is 0 Å². The minimum atomic E-state index is -0.690. The van der Waals surface area contributed by atoms with E-state index >= 15 is 0 Å². The molecule has 6 rings (SSSR count). The maximum atomic E-state index is 14.8. The Kier molecular flexibility index (Phi) is 7.64. The number of halogens is 3. The number of nitrogens with two attached hydrogens (primary N) is 1. The number of rotatable bonds is 5. The highest BCUT2D eigenvalue weighted by Crippen LogP contribution is 2.34. The number of anilines is 2. The van der Waals surface area contributed by atoms with Gasteiger partial charge in [0, 0.05) is 57.3 Å². The molecule has 212 valence electrons. The molecule has 4 aromatic rings. The molecule has 0 spiro atoms. The number of piperazine rings is 1. The average molecular weight is 679 g/mol. The molecule has 1 aromatic heterocycles. The zero-order valence-electron chi connectivity index (χ0n) is 22.1. The number of primary amides is 1. The fourth-order valence-corrected chi connectivity index (χ4v) is 5.55. The quantitative estimate of drug-likeness (QED) is 0.274. The van der Waals surface area contributed by atoms with Gasteiger partial charge in [0.05, 0.1) is 23.5 Å². The van der Waals surface area contributed by atoms with Gasteiger partial charge in [-0.15, -0.1) is 0 Å². The summed E-state index contributed by atoms with van der Waals surface area (Å²) in [5.74, 6) is -1.76. The second kappa shape index (κ2) is 11.5. The van der Waals surface area contributed by atoms with Gasteiger partial charge < -0.3 is 21.3 Å². The zero-order valence-corrected chi connectivity index (χ0v) is 24.2. The maximum absolute atomic E-state index is 14.8. The number of nitrogens with one attached hydrogen (secondary N) is 2. The van der Waals surface area contributed by atoms with Gasteiger partial charge in [-0.2, -0.15) is 0 Å². The SMILES string of the molecule is NC(=O)C1CN(C(=O)c2ccc(Nc3ncc4c(n3)-c3ccc(I)cc3C(c3c(F)cccc3F)=NC4)cc2)CCN1. The normalized spacial score (nSPS) is 16.1. The number of nitrogens with zero attached hydrogens (tertiary/aromatic N) is 4. The second-order valence-electron chi connectivity index (χ2n) is 9.88. The summed E-state index contributed by atoms with van der Waals surface area (Å²) in [6.07, 6.45) is 1.65. The Morgan fingerprint density at radius 2 is 1.81 bits per heavy atom. The first kappa shape index (κ1) is 27.8. The highest BCUT2D eigenvalue weighted by Gasteiger charge is 2.28. The molecule has 0 aliphatic carbocycles. The Bertz CT molecular complexity index is 1730. The molecule has 1 unspecified atom stereocenters. The van der Waals surface area contributed by atoms with Gasteiger partial charge in [-0.3, -0.25) is 14.6 Å². The third kappa shape index (κ3) is 5.46. The Balaban J connectivity index is 1.27. The molecule has 1 atom stereocenters. The van der Waals surface area contributed by atoms with E-state index in [1.807, 2.05) is 18.2 Å². The van der Waals surface area contributed by atoms with Crippen LogP contribution in [0.4, 0.5) is 20.4 Å². The Morgan fingerprint density at radius 3 is 2.55 bits per heavy atom. The highest BCUT2D eigenvalue weighted by molar-refractivity contribution is 14.1. The lowest BCUT2D eigenvalue weighted by atomic mass is 9.95. The van der Waals surface area contributed by atoms with Crippen LogP contribution in [0.15, 0.2) is 71.9 Å². The van der Waals surface area contributed by atoms with Crippen LogP contribution in [0, 0.1) is 15.2 Å². The van der Waals surface area contributed by atoms with Gasteiger partial charge in [0.25, 0.3) is 5.91 Å². The van der Waals surface area contributed by atoms with Crippen LogP contribution in [0.2, 0.25) is 0 Å². The third-order valence-corrected chi connectivity index (χ3v) is 7.83. The maximum Gasteiger partial charge on any atom is 0.253 e. The molecule has 1 saturated heterocycles. The van der Waals surface area contributed by atoms with Crippen LogP contribution in [0.5, 0.6) is 0 Å². The van der Waals surface area contributed by atoms with Crippen LogP contribution < -0.4 is 16.4 Å². The lowest BCUT2D eigenvalue weighted by Crippen LogP contribution is -2.57. The van der Waals surface area contributed by atoms with E-state index in [0.717, 1.165) is 3.57 Å². The molecule has 2 aliphatic heterocycles. The number of amides is 2. The lowest BCUT2D eigenvalue weighted by molar-refractivity contribution is -0.120. The van der Waals surface area contributed by atoms with E-state index in [1.165, 1.54) is 18.2 Å². The number of aromatic nitrogens is 2. The Labute approximate surface area is 253 Å². The molecule has 2 aliphatic rings. The lowest BCUT2D eigenvalue weighted by Gasteiger charge is -2.32. The monoisotopic (exact) mass is 679 g/mol. The molecular weight excluding hydrogens is 655 g/mol. The third-order valence-electron chi connectivity index (χ3n) is 7.16. The van der Waals surface area contributed by atoms with Crippen LogP contribution in [0.25, 0.3) is 11.3 Å². The molecule has 2 amide bonds. The fraction of sp³-hybridized carbons (Fsp3) is 0.167. The van der Waals surface area contributed by atoms with E-state index in [0.29, 0.717) is 52.7 Å². The fourth-order valence-electron chi connectivity index (χ4n) is 5.05. The van der Waals surface area contributed by atoms with Crippen molar-refractivity contribution in [2.45, 2.75) is 12.6 Å². The standard InChI is InChI=1S/C30H24F2IN7O2/c31-22-2-1-3-23(32)25(22)27-21-12-18(33)6-9-20(21)26-17(13-36-27)14-37-30(39-26)38-19-7-4-16(5-8-19)29(42)40-11-10-35-24(15-40)28(34)41/h1-9,12,14,24,35H,10-11,13,15H2,(H2,34,41)(H,37,38,39). The van der Waals surface area contributed by atoms with Crippen molar-refractivity contribution in [2.24, 2.45) is 10.7 Å². The van der Waals surface area contributed by atoms with E-state index in [9.17, 15) is 18.4 Å². The smallest absolute Gasteiger partial charge is 0.253 e. The molecule has 0 saturated carbocycles. The summed E-state index contributed by atoms with van der Waals surface area (Å²) in [6.45, 7) is 1.32. The minimum Gasteiger partial charge on any atom is -0.368 e. The van der Waals surface area contributed by atoms with Crippen molar-refractivity contribution < 1.29 is 18.4 Å². The number of hydrogen-bond acceptors (Lipinski definition) is 7. The summed E-state index contributed by atoms with van der Waals surface area (Å²) in [5, 5.41) is 6.18. The van der Waals surface area contributed by atoms with Gasteiger partial charge in [0.15, 0.2) is 0 Å². The van der Waals surface area contributed by atoms with Gasteiger partial charge in [0.2, 0.25) is 11.9 Å². The summed E-state index contributed by atoms with van der Waals surface area (Å²) >= 11 is 2.15. The van der Waals surface area contributed by atoms with Crippen LogP contribution in [-0.4, -0.2) is 58.1 Å². The van der Waals surface area contributed by atoms with Gasteiger partial charge in [-0.1, -0.05) is 12.1 Å². The number of aliphatic imine (C=N–C) groups is 1. The van der Waals surface area contributed by atoms with Gasteiger partial charge >= 0.3 is 0 Å². The van der Waals surface area contributed by atoms with Crippen molar-refractivity contribution in [3.8, 4) is 11.3 Å². The Hall–Kier alpha value is -4.30. The van der Waals surface area contributed by atoms with Crippen molar-refractivity contribution in [2.75, 3.05) is 25.0 Å². The molecular formula is C30H24F2IN7O2. The van der Waals surface area contributed by atoms with Gasteiger partial charge in [0.1, 0.15) is 17.7 Å². The molecule has 3 aromatic carbocycles. The summed E-state index contributed by atoms with van der Waals surface area (Å²) < 4.78 is 30.5. The molecule has 12 heteroatoms. The van der Waals surface area contributed by atoms with E-state index in [-0.39, 0.29) is 30.3 Å². The first-order valence-corrected chi connectivity index (χ1v) is 14.2. The number of carbonyl (C=O) groups excluding carboxylic acids is 2. The van der Waals surface area contributed by atoms with E-state index < -0.39 is 23.6 Å². The van der Waals surface area contributed by atoms with Crippen molar-refractivity contribution >= 4 is 51.8 Å². The molecule has 0 radical (unpaired) electrons. The molecule has 1 fully saturated rings. The van der Waals surface area contributed by atoms with E-state index in [1.54, 1.807) is 35.4 Å². The van der Waals surface area contributed by atoms with Crippen molar-refractivity contribution in [1.82, 2.24) is 20.2 Å². The minimum absolute atomic E-state index is 0.142. The first-order chi connectivity index (χ1) is 20.3. The molecule has 3 heterocycles. The van der Waals surface area contributed by atoms with Crippen molar-refractivity contribution in [3.63, 3.8) is 0 Å². The summed E-state index contributed by atoms with van der Waals surface area (Å²) in [7, 11) is 0. The number of hydrogen-bond donors (Lipinski definition) is 3. The van der Waals surface area contributed by atoms with Gasteiger partial charge in [-0.05, 0) is 71.1 Å². The highest BCUT2D eigenvalue weighted by atomic mass is 127. The predicted molar refractivity (Wildman–Crippen MR) is 162 cm³/mol. The van der Waals surface area contributed by atoms with Crippen LogP contribution >= 0.6 is 22.6 Å². The van der Waals surface area contributed by atoms with E-state index in [2.05, 4.69) is 43.2 Å². The molecule has 9 nitrogen and oxygen atoms in total. The van der Waals surface area contributed by atoms with Gasteiger partial charge in [-0.25, -0.2) is 18.7 Å². The largest absolute Gasteiger partial charge is 0.368 e. The second-order valence-corrected chi connectivity index (χ2v) is 11.1. The molecule has 0 bridgehead atoms. The van der Waals surface area contributed by atoms with Crippen LogP contribution in [-0.2, 0) is 11.3 Å². The number of fused-ring (bicyclic) bond motifs is 3. The zero-order chi connectivity index (χ0) is 29.4. The molecule has 42 heavy (non-hydrogen) atoms. The predicted octanol–water partition coefficient (Wildman–Crippen LogP) is 4.02. The van der Waals surface area contributed by atoms with Crippen molar-refractivity contribution in [1.29, 1.82) is 0 Å². The summed E-state index contributed by atoms with van der Waals surface area (Å²) in [6, 6.07) is 15.7. The van der Waals surface area contributed by atoms with Crippen LogP contribution in [0.1, 0.15) is 27.0 Å².